The number of benzene rings is 1. The number of amides is 1. The third kappa shape index (κ3) is 3.18. The Morgan fingerprint density at radius 1 is 1.21 bits per heavy atom. The number of rotatable bonds is 3. The van der Waals surface area contributed by atoms with Crippen molar-refractivity contribution in [2.75, 3.05) is 13.1 Å². The number of carbonyl (C=O) groups is 1. The van der Waals surface area contributed by atoms with Crippen molar-refractivity contribution in [3.8, 4) is 11.4 Å². The van der Waals surface area contributed by atoms with E-state index in [0.717, 1.165) is 55.9 Å². The average Bonchev–Trinajstić information content (AvgIpc) is 3.46. The Kier molecular flexibility index (Phi) is 4.05. The van der Waals surface area contributed by atoms with Gasteiger partial charge in [-0.05, 0) is 44.7 Å². The summed E-state index contributed by atoms with van der Waals surface area (Å²) in [5.41, 5.74) is 3.33. The van der Waals surface area contributed by atoms with Crippen LogP contribution in [0.1, 0.15) is 42.9 Å². The Morgan fingerprint density at radius 2 is 2.08 bits per heavy atom. The number of nitrogens with zero attached hydrogens (tertiary/aromatic N) is 3. The highest BCUT2D eigenvalue weighted by molar-refractivity contribution is 5.81. The number of likely N-dealkylation sites (tertiary alicyclic amines) is 1. The lowest BCUT2D eigenvalue weighted by Gasteiger charge is -2.32. The van der Waals surface area contributed by atoms with E-state index in [4.69, 9.17) is 4.98 Å². The van der Waals surface area contributed by atoms with Crippen LogP contribution >= 0.6 is 0 Å². The van der Waals surface area contributed by atoms with Crippen LogP contribution in [0.15, 0.2) is 36.5 Å². The number of hydrogen-bond acceptors (Lipinski definition) is 3. The molecule has 0 N–H and O–H groups in total. The quantitative estimate of drug-likeness (QED) is 0.868. The molecule has 0 unspecified atom stereocenters. The summed E-state index contributed by atoms with van der Waals surface area (Å²) >= 11 is 0. The lowest BCUT2D eigenvalue weighted by Crippen LogP contribution is -2.40. The second-order valence-electron chi connectivity index (χ2n) is 7.07. The molecule has 2 aliphatic rings. The molecule has 1 saturated carbocycles. The number of carbonyl (C=O) groups excluding carboxylic acids is 1. The molecule has 4 rings (SSSR count). The number of aromatic nitrogens is 2. The molecule has 4 nitrogen and oxygen atoms in total. The van der Waals surface area contributed by atoms with Crippen LogP contribution in [0.3, 0.4) is 0 Å². The van der Waals surface area contributed by atoms with Gasteiger partial charge in [-0.25, -0.2) is 9.97 Å². The Bertz CT molecular complexity index is 754. The van der Waals surface area contributed by atoms with Crippen LogP contribution in [0.4, 0.5) is 0 Å². The summed E-state index contributed by atoms with van der Waals surface area (Å²) in [6, 6.07) is 10.3. The van der Waals surface area contributed by atoms with Crippen molar-refractivity contribution in [2.24, 2.45) is 5.92 Å². The first-order chi connectivity index (χ1) is 11.7. The van der Waals surface area contributed by atoms with E-state index in [9.17, 15) is 4.79 Å². The minimum atomic E-state index is 0.303. The van der Waals surface area contributed by atoms with Crippen LogP contribution in [-0.2, 0) is 4.79 Å². The Hall–Kier alpha value is -2.23. The minimum absolute atomic E-state index is 0.303. The van der Waals surface area contributed by atoms with E-state index < -0.39 is 0 Å². The molecule has 4 heteroatoms. The molecule has 0 bridgehead atoms. The molecule has 24 heavy (non-hydrogen) atoms. The first-order valence-electron chi connectivity index (χ1n) is 8.89. The molecular weight excluding hydrogens is 298 g/mol. The van der Waals surface area contributed by atoms with Crippen molar-refractivity contribution >= 4 is 5.91 Å². The van der Waals surface area contributed by atoms with Gasteiger partial charge in [-0.1, -0.05) is 23.8 Å². The molecule has 124 valence electrons. The predicted octanol–water partition coefficient (Wildman–Crippen LogP) is 3.57. The zero-order chi connectivity index (χ0) is 16.5. The summed E-state index contributed by atoms with van der Waals surface area (Å²) in [6.07, 6.45) is 6.16. The molecular formula is C20H23N3O. The van der Waals surface area contributed by atoms with Crippen LogP contribution < -0.4 is 0 Å². The Labute approximate surface area is 142 Å². The van der Waals surface area contributed by atoms with Gasteiger partial charge in [-0.3, -0.25) is 4.79 Å². The van der Waals surface area contributed by atoms with E-state index in [0.29, 0.717) is 17.7 Å². The highest BCUT2D eigenvalue weighted by Crippen LogP contribution is 2.34. The first kappa shape index (κ1) is 15.3. The van der Waals surface area contributed by atoms with E-state index in [1.165, 1.54) is 5.56 Å². The maximum Gasteiger partial charge on any atom is 0.225 e. The van der Waals surface area contributed by atoms with Crippen molar-refractivity contribution in [1.82, 2.24) is 14.9 Å². The van der Waals surface area contributed by atoms with Gasteiger partial charge in [0.15, 0.2) is 5.82 Å². The smallest absolute Gasteiger partial charge is 0.225 e. The third-order valence-electron chi connectivity index (χ3n) is 5.03. The van der Waals surface area contributed by atoms with Gasteiger partial charge in [-0.15, -0.1) is 0 Å². The summed E-state index contributed by atoms with van der Waals surface area (Å²) in [4.78, 5) is 23.7. The molecule has 1 aromatic carbocycles. The standard InChI is InChI=1S/C20H23N3O/c1-14-4-2-5-16(12-14)19-21-10-9-18(22-19)17-6-3-11-23(13-17)20(24)15-7-8-15/h2,4-5,9-10,12,15,17H,3,6-8,11,13H2,1H3/t17-/m0/s1. The second kappa shape index (κ2) is 6.34. The Morgan fingerprint density at radius 3 is 2.88 bits per heavy atom. The molecule has 2 aromatic rings. The van der Waals surface area contributed by atoms with Gasteiger partial charge in [0.2, 0.25) is 5.91 Å². The summed E-state index contributed by atoms with van der Waals surface area (Å²) in [6.45, 7) is 3.79. The topological polar surface area (TPSA) is 46.1 Å². The zero-order valence-corrected chi connectivity index (χ0v) is 14.1. The fraction of sp³-hybridized carbons (Fsp3) is 0.450. The molecule has 1 aliphatic carbocycles. The second-order valence-corrected chi connectivity index (χ2v) is 7.07. The first-order valence-corrected chi connectivity index (χ1v) is 8.89. The van der Waals surface area contributed by atoms with Gasteiger partial charge in [0.25, 0.3) is 0 Å². The number of aryl methyl sites for hydroxylation is 1. The van der Waals surface area contributed by atoms with Crippen LogP contribution in [0.25, 0.3) is 11.4 Å². The number of hydrogen-bond donors (Lipinski definition) is 0. The maximum atomic E-state index is 12.4. The number of piperidine rings is 1. The van der Waals surface area contributed by atoms with Crippen LogP contribution in [0.2, 0.25) is 0 Å². The fourth-order valence-electron chi connectivity index (χ4n) is 3.53. The van der Waals surface area contributed by atoms with E-state index in [-0.39, 0.29) is 0 Å². The van der Waals surface area contributed by atoms with Gasteiger partial charge in [-0.2, -0.15) is 0 Å². The summed E-state index contributed by atoms with van der Waals surface area (Å²) in [5.74, 6) is 1.76. The monoisotopic (exact) mass is 321 g/mol. The molecule has 1 aromatic heterocycles. The summed E-state index contributed by atoms with van der Waals surface area (Å²) < 4.78 is 0. The van der Waals surface area contributed by atoms with Gasteiger partial charge in [0.1, 0.15) is 0 Å². The molecule has 1 atom stereocenters. The molecule has 0 spiro atoms. The highest BCUT2D eigenvalue weighted by atomic mass is 16.2. The van der Waals surface area contributed by atoms with E-state index >= 15 is 0 Å². The lowest BCUT2D eigenvalue weighted by molar-refractivity contribution is -0.133. The van der Waals surface area contributed by atoms with Crippen LogP contribution in [-0.4, -0.2) is 33.9 Å². The highest BCUT2D eigenvalue weighted by Gasteiger charge is 2.35. The van der Waals surface area contributed by atoms with Crippen LogP contribution in [0, 0.1) is 12.8 Å². The van der Waals surface area contributed by atoms with Gasteiger partial charge in [0.05, 0.1) is 0 Å². The van der Waals surface area contributed by atoms with Gasteiger partial charge >= 0.3 is 0 Å². The van der Waals surface area contributed by atoms with Crippen molar-refractivity contribution in [3.63, 3.8) is 0 Å². The van der Waals surface area contributed by atoms with Crippen molar-refractivity contribution < 1.29 is 4.79 Å². The molecule has 1 amide bonds. The average molecular weight is 321 g/mol. The Balaban J connectivity index is 1.55. The lowest BCUT2D eigenvalue weighted by atomic mass is 9.94. The van der Waals surface area contributed by atoms with Crippen molar-refractivity contribution in [1.29, 1.82) is 0 Å². The third-order valence-corrected chi connectivity index (χ3v) is 5.03. The largest absolute Gasteiger partial charge is 0.342 e. The SMILES string of the molecule is Cc1cccc(-c2nccc([C@H]3CCCN(C(=O)C4CC4)C3)n2)c1. The summed E-state index contributed by atoms with van der Waals surface area (Å²) in [7, 11) is 0. The van der Waals surface area contributed by atoms with Crippen LogP contribution in [0.5, 0.6) is 0 Å². The normalized spacial score (nSPS) is 20.9. The molecule has 1 aliphatic heterocycles. The molecule has 0 radical (unpaired) electrons. The van der Waals surface area contributed by atoms with Gasteiger partial charge < -0.3 is 4.90 Å². The molecule has 1 saturated heterocycles. The zero-order valence-electron chi connectivity index (χ0n) is 14.1. The van der Waals surface area contributed by atoms with Crippen molar-refractivity contribution in [3.05, 3.63) is 47.8 Å². The fourth-order valence-corrected chi connectivity index (χ4v) is 3.53. The van der Waals surface area contributed by atoms with Gasteiger partial charge in [0, 0.05) is 42.4 Å². The van der Waals surface area contributed by atoms with Crippen molar-refractivity contribution in [2.45, 2.75) is 38.5 Å². The molecule has 2 fully saturated rings. The minimum Gasteiger partial charge on any atom is -0.342 e. The van der Waals surface area contributed by atoms with E-state index in [2.05, 4.69) is 35.0 Å². The van der Waals surface area contributed by atoms with E-state index in [1.54, 1.807) is 0 Å². The maximum absolute atomic E-state index is 12.4. The van der Waals surface area contributed by atoms with E-state index in [1.807, 2.05) is 18.3 Å². The predicted molar refractivity (Wildman–Crippen MR) is 93.5 cm³/mol. The molecule has 2 heterocycles. The summed E-state index contributed by atoms with van der Waals surface area (Å²) in [5, 5.41) is 0.